The average molecular weight is 246 g/mol. The van der Waals surface area contributed by atoms with E-state index in [2.05, 4.69) is 4.98 Å². The van der Waals surface area contributed by atoms with E-state index < -0.39 is 23.0 Å². The van der Waals surface area contributed by atoms with Gasteiger partial charge in [-0.1, -0.05) is 23.2 Å². The molecule has 0 bridgehead atoms. The third kappa shape index (κ3) is 2.50. The Morgan fingerprint density at radius 2 is 1.86 bits per heavy atom. The van der Waals surface area contributed by atoms with Crippen LogP contribution in [0.25, 0.3) is 0 Å². The van der Waals surface area contributed by atoms with Crippen molar-refractivity contribution in [2.24, 2.45) is 0 Å². The third-order valence-corrected chi connectivity index (χ3v) is 1.96. The molecule has 0 unspecified atom stereocenters. The number of nitrogens with zero attached hydrogens (tertiary/aromatic N) is 1. The minimum Gasteiger partial charge on any atom is -0.379 e. The molecule has 0 saturated carbocycles. The van der Waals surface area contributed by atoms with E-state index in [0.717, 1.165) is 12.1 Å². The summed E-state index contributed by atoms with van der Waals surface area (Å²) in [6.07, 6.45) is -7.40. The van der Waals surface area contributed by atoms with E-state index in [1.807, 2.05) is 0 Å². The molecule has 7 heteroatoms. The first-order valence-electron chi connectivity index (χ1n) is 3.39. The molecule has 0 spiro atoms. The standard InChI is InChI=1S/C7H4Cl2F3NO/c8-4-2-1-3(6(9)13-4)5(14)7(10,11)12/h1-2,5,14H/t5-/m0/s1. The molecular weight excluding hydrogens is 242 g/mol. The highest BCUT2D eigenvalue weighted by Crippen LogP contribution is 2.35. The van der Waals surface area contributed by atoms with Crippen LogP contribution in [0.4, 0.5) is 13.2 Å². The first-order chi connectivity index (χ1) is 6.32. The van der Waals surface area contributed by atoms with Gasteiger partial charge in [0.15, 0.2) is 6.10 Å². The van der Waals surface area contributed by atoms with Crippen LogP contribution < -0.4 is 0 Å². The van der Waals surface area contributed by atoms with Gasteiger partial charge >= 0.3 is 6.18 Å². The molecular formula is C7H4Cl2F3NO. The van der Waals surface area contributed by atoms with E-state index in [9.17, 15) is 13.2 Å². The van der Waals surface area contributed by atoms with Crippen molar-refractivity contribution >= 4 is 23.2 Å². The van der Waals surface area contributed by atoms with Crippen LogP contribution >= 0.6 is 23.2 Å². The lowest BCUT2D eigenvalue weighted by atomic mass is 10.1. The molecule has 1 aromatic rings. The van der Waals surface area contributed by atoms with Crippen LogP contribution in [0.2, 0.25) is 10.3 Å². The predicted molar refractivity (Wildman–Crippen MR) is 45.3 cm³/mol. The maximum absolute atomic E-state index is 12.0. The molecule has 0 aliphatic carbocycles. The molecule has 1 rings (SSSR count). The van der Waals surface area contributed by atoms with Gasteiger partial charge in [0.2, 0.25) is 0 Å². The Kier molecular flexibility index (Phi) is 3.24. The highest BCUT2D eigenvalue weighted by Gasteiger charge is 2.40. The van der Waals surface area contributed by atoms with Crippen molar-refractivity contribution in [3.63, 3.8) is 0 Å². The molecule has 78 valence electrons. The largest absolute Gasteiger partial charge is 0.418 e. The Bertz CT molecular complexity index is 342. The van der Waals surface area contributed by atoms with Gasteiger partial charge in [-0.2, -0.15) is 13.2 Å². The maximum atomic E-state index is 12.0. The lowest BCUT2D eigenvalue weighted by molar-refractivity contribution is -0.206. The molecule has 1 aromatic heterocycles. The second-order valence-electron chi connectivity index (χ2n) is 2.46. The summed E-state index contributed by atoms with van der Waals surface area (Å²) in [5.74, 6) is 0. The van der Waals surface area contributed by atoms with E-state index in [-0.39, 0.29) is 5.15 Å². The molecule has 0 aliphatic rings. The minimum absolute atomic E-state index is 0.0341. The lowest BCUT2D eigenvalue weighted by Gasteiger charge is -2.15. The number of halogens is 5. The number of aromatic nitrogens is 1. The molecule has 0 saturated heterocycles. The Morgan fingerprint density at radius 1 is 1.29 bits per heavy atom. The molecule has 1 N–H and O–H groups in total. The Hall–Kier alpha value is -0.520. The van der Waals surface area contributed by atoms with Crippen molar-refractivity contribution in [2.75, 3.05) is 0 Å². The third-order valence-electron chi connectivity index (χ3n) is 1.45. The van der Waals surface area contributed by atoms with Crippen molar-refractivity contribution in [1.82, 2.24) is 4.98 Å². The summed E-state index contributed by atoms with van der Waals surface area (Å²) in [4.78, 5) is 3.38. The number of alkyl halides is 3. The van der Waals surface area contributed by atoms with Crippen LogP contribution in [0.15, 0.2) is 12.1 Å². The molecule has 0 aliphatic heterocycles. The summed E-state index contributed by atoms with van der Waals surface area (Å²) in [6.45, 7) is 0. The van der Waals surface area contributed by atoms with Crippen molar-refractivity contribution in [1.29, 1.82) is 0 Å². The number of pyridine rings is 1. The van der Waals surface area contributed by atoms with Crippen molar-refractivity contribution in [2.45, 2.75) is 12.3 Å². The van der Waals surface area contributed by atoms with Crippen LogP contribution in [0.3, 0.4) is 0 Å². The normalized spacial score (nSPS) is 14.1. The summed E-state index contributed by atoms with van der Waals surface area (Å²) < 4.78 is 36.1. The van der Waals surface area contributed by atoms with Crippen LogP contribution in [-0.2, 0) is 0 Å². The van der Waals surface area contributed by atoms with Gasteiger partial charge in [0.1, 0.15) is 10.3 Å². The van der Waals surface area contributed by atoms with E-state index in [4.69, 9.17) is 28.3 Å². The van der Waals surface area contributed by atoms with Gasteiger partial charge < -0.3 is 5.11 Å². The van der Waals surface area contributed by atoms with Gasteiger partial charge in [-0.05, 0) is 12.1 Å². The van der Waals surface area contributed by atoms with Crippen LogP contribution in [-0.4, -0.2) is 16.3 Å². The molecule has 0 aromatic carbocycles. The molecule has 1 heterocycles. The van der Waals surface area contributed by atoms with Crippen LogP contribution in [0.1, 0.15) is 11.7 Å². The smallest absolute Gasteiger partial charge is 0.379 e. The van der Waals surface area contributed by atoms with Gasteiger partial charge in [-0.15, -0.1) is 0 Å². The summed E-state index contributed by atoms with van der Waals surface area (Å²) in [5.41, 5.74) is -0.511. The summed E-state index contributed by atoms with van der Waals surface area (Å²) in [7, 11) is 0. The van der Waals surface area contributed by atoms with Gasteiger partial charge in [0.05, 0.1) is 0 Å². The molecule has 14 heavy (non-hydrogen) atoms. The number of aliphatic hydroxyl groups excluding tert-OH is 1. The van der Waals surface area contributed by atoms with Crippen molar-refractivity contribution in [3.8, 4) is 0 Å². The molecule has 0 fully saturated rings. The highest BCUT2D eigenvalue weighted by molar-refractivity contribution is 6.32. The second-order valence-corrected chi connectivity index (χ2v) is 3.20. The Balaban J connectivity index is 3.08. The highest BCUT2D eigenvalue weighted by atomic mass is 35.5. The zero-order chi connectivity index (χ0) is 10.9. The monoisotopic (exact) mass is 245 g/mol. The zero-order valence-electron chi connectivity index (χ0n) is 6.52. The average Bonchev–Trinajstić information content (AvgIpc) is 2.01. The molecule has 1 atom stereocenters. The van der Waals surface area contributed by atoms with Gasteiger partial charge in [0.25, 0.3) is 0 Å². The lowest BCUT2D eigenvalue weighted by Crippen LogP contribution is -2.20. The fraction of sp³-hybridized carbons (Fsp3) is 0.286. The topological polar surface area (TPSA) is 33.1 Å². The second kappa shape index (κ2) is 3.92. The van der Waals surface area contributed by atoms with Crippen LogP contribution in [0.5, 0.6) is 0 Å². The van der Waals surface area contributed by atoms with Gasteiger partial charge in [-0.3, -0.25) is 0 Å². The predicted octanol–water partition coefficient (Wildman–Crippen LogP) is 2.98. The van der Waals surface area contributed by atoms with Crippen molar-refractivity contribution < 1.29 is 18.3 Å². The fourth-order valence-electron chi connectivity index (χ4n) is 0.803. The number of aliphatic hydroxyl groups is 1. The zero-order valence-corrected chi connectivity index (χ0v) is 8.03. The first-order valence-corrected chi connectivity index (χ1v) is 4.14. The number of hydrogen-bond donors (Lipinski definition) is 1. The first kappa shape index (κ1) is 11.6. The van der Waals surface area contributed by atoms with Gasteiger partial charge in [-0.25, -0.2) is 4.98 Å². The summed E-state index contributed by atoms with van der Waals surface area (Å²) >= 11 is 10.8. The molecule has 2 nitrogen and oxygen atoms in total. The fourth-order valence-corrected chi connectivity index (χ4v) is 1.25. The minimum atomic E-state index is -4.76. The van der Waals surface area contributed by atoms with Gasteiger partial charge in [0, 0.05) is 5.56 Å². The van der Waals surface area contributed by atoms with E-state index >= 15 is 0 Å². The Morgan fingerprint density at radius 3 is 2.29 bits per heavy atom. The Labute approximate surface area is 87.3 Å². The van der Waals surface area contributed by atoms with E-state index in [0.29, 0.717) is 0 Å². The maximum Gasteiger partial charge on any atom is 0.418 e. The molecule has 0 amide bonds. The van der Waals surface area contributed by atoms with E-state index in [1.165, 1.54) is 0 Å². The van der Waals surface area contributed by atoms with Crippen LogP contribution in [0, 0.1) is 0 Å². The summed E-state index contributed by atoms with van der Waals surface area (Å²) in [6, 6.07) is 2.10. The van der Waals surface area contributed by atoms with Crippen molar-refractivity contribution in [3.05, 3.63) is 28.0 Å². The number of hydrogen-bond acceptors (Lipinski definition) is 2. The SMILES string of the molecule is O[C@@H](c1ccc(Cl)nc1Cl)C(F)(F)F. The summed E-state index contributed by atoms with van der Waals surface area (Å²) in [5, 5.41) is 8.35. The van der Waals surface area contributed by atoms with E-state index in [1.54, 1.807) is 0 Å². The quantitative estimate of drug-likeness (QED) is 0.772. The number of rotatable bonds is 1. The molecule has 0 radical (unpaired) electrons.